The molecule has 0 aliphatic rings. The molecule has 0 fully saturated rings. The number of rotatable bonds is 18. The molecule has 0 unspecified atom stereocenters. The fourth-order valence-corrected chi connectivity index (χ4v) is 3.74. The lowest BCUT2D eigenvalue weighted by Gasteiger charge is -2.10. The summed E-state index contributed by atoms with van der Waals surface area (Å²) < 4.78 is 5.56. The predicted molar refractivity (Wildman–Crippen MR) is 125 cm³/mol. The Morgan fingerprint density at radius 2 is 1.38 bits per heavy atom. The van der Waals surface area contributed by atoms with Crippen molar-refractivity contribution in [3.05, 3.63) is 28.8 Å². The number of carbonyl (C=O) groups is 1. The van der Waals surface area contributed by atoms with Crippen LogP contribution in [0.1, 0.15) is 102 Å². The largest absolute Gasteiger partial charge is 0.484 e. The van der Waals surface area contributed by atoms with E-state index >= 15 is 0 Å². The number of aryl methyl sites for hydroxylation is 1. The zero-order valence-electron chi connectivity index (χ0n) is 18.7. The quantitative estimate of drug-likeness (QED) is 0.246. The summed E-state index contributed by atoms with van der Waals surface area (Å²) in [4.78, 5) is 11.9. The van der Waals surface area contributed by atoms with Crippen LogP contribution in [0.3, 0.4) is 0 Å². The van der Waals surface area contributed by atoms with E-state index in [4.69, 9.17) is 16.3 Å². The van der Waals surface area contributed by atoms with Gasteiger partial charge in [0, 0.05) is 11.6 Å². The first kappa shape index (κ1) is 25.8. The normalized spacial score (nSPS) is 10.9. The van der Waals surface area contributed by atoms with Gasteiger partial charge in [-0.1, -0.05) is 102 Å². The van der Waals surface area contributed by atoms with Gasteiger partial charge in [0.2, 0.25) is 0 Å². The van der Waals surface area contributed by atoms with Crippen LogP contribution in [0.15, 0.2) is 18.2 Å². The lowest BCUT2D eigenvalue weighted by molar-refractivity contribution is -0.123. The Bertz CT molecular complexity index is 548. The van der Waals surface area contributed by atoms with E-state index in [-0.39, 0.29) is 12.5 Å². The number of ether oxygens (including phenoxy) is 1. The molecule has 0 heterocycles. The van der Waals surface area contributed by atoms with Crippen LogP contribution in [0.5, 0.6) is 5.75 Å². The van der Waals surface area contributed by atoms with E-state index in [0.29, 0.717) is 10.8 Å². The Hall–Kier alpha value is -1.22. The van der Waals surface area contributed by atoms with E-state index in [1.54, 1.807) is 12.1 Å². The van der Waals surface area contributed by atoms with Crippen molar-refractivity contribution in [2.75, 3.05) is 13.2 Å². The molecule has 1 aromatic carbocycles. The van der Waals surface area contributed by atoms with Gasteiger partial charge in [-0.2, -0.15) is 0 Å². The molecule has 0 saturated heterocycles. The second-order valence-corrected chi connectivity index (χ2v) is 8.58. The molecule has 0 saturated carbocycles. The number of halogens is 1. The van der Waals surface area contributed by atoms with Crippen LogP contribution in [0.2, 0.25) is 5.02 Å². The molecule has 166 valence electrons. The topological polar surface area (TPSA) is 38.3 Å². The monoisotopic (exact) mass is 423 g/mol. The number of benzene rings is 1. The number of hydrogen-bond acceptors (Lipinski definition) is 2. The zero-order chi connectivity index (χ0) is 21.2. The molecule has 0 aliphatic carbocycles. The van der Waals surface area contributed by atoms with Crippen LogP contribution < -0.4 is 10.1 Å². The molecule has 1 amide bonds. The van der Waals surface area contributed by atoms with Crippen LogP contribution >= 0.6 is 11.6 Å². The second-order valence-electron chi connectivity index (χ2n) is 8.14. The highest BCUT2D eigenvalue weighted by atomic mass is 35.5. The Kier molecular flexibility index (Phi) is 15.7. The minimum atomic E-state index is -0.0611. The van der Waals surface area contributed by atoms with Crippen molar-refractivity contribution in [2.45, 2.75) is 104 Å². The standard InChI is InChI=1S/C25H42ClNO2/c1-3-4-5-6-7-8-9-10-11-12-13-14-15-16-19-27-25(28)21-29-24-18-17-23(26)20-22(24)2/h17-18,20H,3-16,19,21H2,1-2H3,(H,27,28). The van der Waals surface area contributed by atoms with E-state index in [1.165, 1.54) is 83.5 Å². The maximum Gasteiger partial charge on any atom is 0.257 e. The van der Waals surface area contributed by atoms with E-state index in [0.717, 1.165) is 18.5 Å². The highest BCUT2D eigenvalue weighted by Crippen LogP contribution is 2.21. The molecule has 0 spiro atoms. The van der Waals surface area contributed by atoms with Crippen LogP contribution in [0.4, 0.5) is 0 Å². The Morgan fingerprint density at radius 1 is 0.862 bits per heavy atom. The van der Waals surface area contributed by atoms with Crippen molar-refractivity contribution in [2.24, 2.45) is 0 Å². The van der Waals surface area contributed by atoms with Gasteiger partial charge >= 0.3 is 0 Å². The van der Waals surface area contributed by atoms with Crippen LogP contribution in [-0.4, -0.2) is 19.1 Å². The first-order chi connectivity index (χ1) is 14.1. The summed E-state index contributed by atoms with van der Waals surface area (Å²) in [5.41, 5.74) is 0.942. The van der Waals surface area contributed by atoms with Crippen molar-refractivity contribution in [3.8, 4) is 5.75 Å². The lowest BCUT2D eigenvalue weighted by atomic mass is 10.0. The molecule has 4 heteroatoms. The first-order valence-electron chi connectivity index (χ1n) is 11.8. The van der Waals surface area contributed by atoms with Gasteiger partial charge in [-0.25, -0.2) is 0 Å². The summed E-state index contributed by atoms with van der Waals surface area (Å²) in [5, 5.41) is 3.62. The number of unbranched alkanes of at least 4 members (excludes halogenated alkanes) is 13. The van der Waals surface area contributed by atoms with E-state index in [1.807, 2.05) is 13.0 Å². The third-order valence-electron chi connectivity index (χ3n) is 5.35. The van der Waals surface area contributed by atoms with Gasteiger partial charge in [0.25, 0.3) is 5.91 Å². The smallest absolute Gasteiger partial charge is 0.257 e. The van der Waals surface area contributed by atoms with E-state index in [9.17, 15) is 4.79 Å². The summed E-state index contributed by atoms with van der Waals surface area (Å²) in [6, 6.07) is 5.42. The van der Waals surface area contributed by atoms with Gasteiger partial charge in [0.05, 0.1) is 0 Å². The molecule has 0 atom stereocenters. The fraction of sp³-hybridized carbons (Fsp3) is 0.720. The van der Waals surface area contributed by atoms with Gasteiger partial charge in [-0.3, -0.25) is 4.79 Å². The summed E-state index contributed by atoms with van der Waals surface area (Å²) >= 11 is 5.92. The lowest BCUT2D eigenvalue weighted by Crippen LogP contribution is -2.29. The number of hydrogen-bond donors (Lipinski definition) is 1. The SMILES string of the molecule is CCCCCCCCCCCCCCCCNC(=O)COc1ccc(Cl)cc1C. The Morgan fingerprint density at radius 3 is 1.90 bits per heavy atom. The van der Waals surface area contributed by atoms with E-state index < -0.39 is 0 Å². The number of carbonyl (C=O) groups excluding carboxylic acids is 1. The van der Waals surface area contributed by atoms with Crippen molar-refractivity contribution in [3.63, 3.8) is 0 Å². The van der Waals surface area contributed by atoms with Crippen molar-refractivity contribution >= 4 is 17.5 Å². The molecule has 0 radical (unpaired) electrons. The molecule has 1 aromatic rings. The first-order valence-corrected chi connectivity index (χ1v) is 12.2. The van der Waals surface area contributed by atoms with Crippen LogP contribution in [0, 0.1) is 6.92 Å². The van der Waals surface area contributed by atoms with Crippen LogP contribution in [-0.2, 0) is 4.79 Å². The van der Waals surface area contributed by atoms with Gasteiger partial charge in [0.1, 0.15) is 5.75 Å². The second kappa shape index (κ2) is 17.6. The molecule has 0 aromatic heterocycles. The summed E-state index contributed by atoms with van der Waals surface area (Å²) in [6.45, 7) is 4.99. The van der Waals surface area contributed by atoms with Crippen molar-refractivity contribution < 1.29 is 9.53 Å². The molecule has 1 N–H and O–H groups in total. The summed E-state index contributed by atoms with van der Waals surface area (Å²) in [5.74, 6) is 0.648. The fourth-order valence-electron chi connectivity index (χ4n) is 3.52. The average Bonchev–Trinajstić information content (AvgIpc) is 2.70. The maximum absolute atomic E-state index is 11.9. The zero-order valence-corrected chi connectivity index (χ0v) is 19.5. The average molecular weight is 424 g/mol. The number of amides is 1. The predicted octanol–water partition coefficient (Wildman–Crippen LogP) is 7.62. The molecule has 1 rings (SSSR count). The Labute approximate surface area is 183 Å². The van der Waals surface area contributed by atoms with Gasteiger partial charge in [-0.05, 0) is 37.1 Å². The Balaban J connectivity index is 1.85. The molecule has 0 aliphatic heterocycles. The van der Waals surface area contributed by atoms with Gasteiger partial charge in [0.15, 0.2) is 6.61 Å². The highest BCUT2D eigenvalue weighted by molar-refractivity contribution is 6.30. The molecule has 29 heavy (non-hydrogen) atoms. The maximum atomic E-state index is 11.9. The minimum absolute atomic E-state index is 0.0566. The summed E-state index contributed by atoms with van der Waals surface area (Å²) in [6.07, 6.45) is 18.8. The molecular weight excluding hydrogens is 382 g/mol. The summed E-state index contributed by atoms with van der Waals surface area (Å²) in [7, 11) is 0. The molecule has 3 nitrogen and oxygen atoms in total. The van der Waals surface area contributed by atoms with Crippen molar-refractivity contribution in [1.29, 1.82) is 0 Å². The van der Waals surface area contributed by atoms with Gasteiger partial charge < -0.3 is 10.1 Å². The molecular formula is C25H42ClNO2. The minimum Gasteiger partial charge on any atom is -0.484 e. The molecule has 0 bridgehead atoms. The highest BCUT2D eigenvalue weighted by Gasteiger charge is 2.05. The van der Waals surface area contributed by atoms with Gasteiger partial charge in [-0.15, -0.1) is 0 Å². The third kappa shape index (κ3) is 14.4. The van der Waals surface area contributed by atoms with E-state index in [2.05, 4.69) is 12.2 Å². The van der Waals surface area contributed by atoms with Crippen LogP contribution in [0.25, 0.3) is 0 Å². The third-order valence-corrected chi connectivity index (χ3v) is 5.58. The number of nitrogens with one attached hydrogen (secondary N) is 1. The van der Waals surface area contributed by atoms with Crippen molar-refractivity contribution in [1.82, 2.24) is 5.32 Å².